The smallest absolute Gasteiger partial charge is 0.313 e. The van der Waals surface area contributed by atoms with Crippen molar-refractivity contribution >= 4 is 5.97 Å². The third-order valence-corrected chi connectivity index (χ3v) is 4.84. The molecule has 1 aliphatic heterocycles. The number of rotatable bonds is 6. The lowest BCUT2D eigenvalue weighted by molar-refractivity contribution is -0.163. The number of aromatic nitrogens is 2. The number of benzene rings is 1. The van der Waals surface area contributed by atoms with E-state index in [1.807, 2.05) is 42.2 Å². The van der Waals surface area contributed by atoms with Crippen molar-refractivity contribution in [3.8, 4) is 0 Å². The van der Waals surface area contributed by atoms with Crippen molar-refractivity contribution in [2.24, 2.45) is 5.41 Å². The Morgan fingerprint density at radius 1 is 1.40 bits per heavy atom. The van der Waals surface area contributed by atoms with Gasteiger partial charge in [0.25, 0.3) is 0 Å². The molecule has 2 atom stereocenters. The van der Waals surface area contributed by atoms with Gasteiger partial charge in [-0.25, -0.2) is 0 Å². The Labute approximate surface area is 146 Å². The van der Waals surface area contributed by atoms with E-state index in [4.69, 9.17) is 4.52 Å². The molecule has 2 heterocycles. The first-order chi connectivity index (χ1) is 12.0. The van der Waals surface area contributed by atoms with Crippen molar-refractivity contribution in [2.45, 2.75) is 38.8 Å². The number of likely N-dealkylation sites (tertiary alicyclic amines) is 1. The number of piperidine rings is 1. The van der Waals surface area contributed by atoms with E-state index in [0.29, 0.717) is 37.6 Å². The van der Waals surface area contributed by atoms with E-state index in [0.717, 1.165) is 5.56 Å². The predicted octanol–water partition coefficient (Wildman–Crippen LogP) is 1.51. The zero-order valence-corrected chi connectivity index (χ0v) is 14.3. The number of carboxylic acid groups (broad SMARTS) is 1. The van der Waals surface area contributed by atoms with Gasteiger partial charge < -0.3 is 14.7 Å². The maximum absolute atomic E-state index is 12.1. The number of aliphatic hydroxyl groups is 1. The van der Waals surface area contributed by atoms with Crippen molar-refractivity contribution in [3.05, 3.63) is 47.6 Å². The Kier molecular flexibility index (Phi) is 5.15. The van der Waals surface area contributed by atoms with Crippen LogP contribution in [0.2, 0.25) is 0 Å². The number of carboxylic acids is 1. The third kappa shape index (κ3) is 3.72. The van der Waals surface area contributed by atoms with Crippen LogP contribution in [-0.4, -0.2) is 50.4 Å². The van der Waals surface area contributed by atoms with Gasteiger partial charge in [0.15, 0.2) is 5.82 Å². The Balaban J connectivity index is 1.79. The van der Waals surface area contributed by atoms with Crippen molar-refractivity contribution < 1.29 is 19.5 Å². The molecule has 134 valence electrons. The molecule has 7 nitrogen and oxygen atoms in total. The molecule has 1 aromatic heterocycles. The van der Waals surface area contributed by atoms with E-state index in [9.17, 15) is 15.0 Å². The molecular formula is C18H23N3O4. The topological polar surface area (TPSA) is 99.7 Å². The van der Waals surface area contributed by atoms with Crippen LogP contribution in [0.5, 0.6) is 0 Å². The number of hydrogen-bond donors (Lipinski definition) is 2. The number of aryl methyl sites for hydroxylation is 1. The summed E-state index contributed by atoms with van der Waals surface area (Å²) in [4.78, 5) is 18.4. The van der Waals surface area contributed by atoms with Crippen LogP contribution in [0.15, 0.2) is 34.9 Å². The lowest BCUT2D eigenvalue weighted by atomic mass is 9.73. The molecule has 2 aromatic rings. The van der Waals surface area contributed by atoms with Crippen molar-refractivity contribution in [1.29, 1.82) is 0 Å². The fourth-order valence-corrected chi connectivity index (χ4v) is 3.41. The second kappa shape index (κ2) is 7.33. The summed E-state index contributed by atoms with van der Waals surface area (Å²) in [6, 6.07) is 9.43. The van der Waals surface area contributed by atoms with Crippen LogP contribution < -0.4 is 0 Å². The number of hydrogen-bond acceptors (Lipinski definition) is 6. The highest BCUT2D eigenvalue weighted by Gasteiger charge is 2.49. The minimum atomic E-state index is -1.24. The molecule has 1 aromatic carbocycles. The molecule has 1 aliphatic rings. The maximum Gasteiger partial charge on any atom is 0.313 e. The first-order valence-corrected chi connectivity index (χ1v) is 8.52. The Morgan fingerprint density at radius 3 is 2.80 bits per heavy atom. The van der Waals surface area contributed by atoms with Crippen LogP contribution in [0.4, 0.5) is 0 Å². The van der Waals surface area contributed by atoms with Crippen molar-refractivity contribution in [3.63, 3.8) is 0 Å². The van der Waals surface area contributed by atoms with Crippen LogP contribution in [-0.2, 0) is 24.2 Å². The highest BCUT2D eigenvalue weighted by molar-refractivity contribution is 5.76. The minimum Gasteiger partial charge on any atom is -0.481 e. The molecular weight excluding hydrogens is 322 g/mol. The Hall–Kier alpha value is -2.25. The van der Waals surface area contributed by atoms with Crippen LogP contribution in [0, 0.1) is 5.41 Å². The van der Waals surface area contributed by atoms with E-state index in [-0.39, 0.29) is 13.0 Å². The fraction of sp³-hybridized carbons (Fsp3) is 0.500. The van der Waals surface area contributed by atoms with Gasteiger partial charge in [0, 0.05) is 19.5 Å². The van der Waals surface area contributed by atoms with Gasteiger partial charge in [-0.15, -0.1) is 0 Å². The van der Waals surface area contributed by atoms with E-state index in [1.165, 1.54) is 0 Å². The average Bonchev–Trinajstić information content (AvgIpc) is 3.06. The molecule has 2 N–H and O–H groups in total. The van der Waals surface area contributed by atoms with Gasteiger partial charge in [-0.2, -0.15) is 4.98 Å². The van der Waals surface area contributed by atoms with E-state index >= 15 is 0 Å². The lowest BCUT2D eigenvalue weighted by Gasteiger charge is -2.43. The van der Waals surface area contributed by atoms with Crippen molar-refractivity contribution in [2.75, 3.05) is 13.1 Å². The van der Waals surface area contributed by atoms with Gasteiger partial charge in [0.1, 0.15) is 5.41 Å². The van der Waals surface area contributed by atoms with Gasteiger partial charge in [0.2, 0.25) is 5.89 Å². The molecule has 0 spiro atoms. The molecule has 3 rings (SSSR count). The molecule has 1 saturated heterocycles. The third-order valence-electron chi connectivity index (χ3n) is 4.84. The van der Waals surface area contributed by atoms with Gasteiger partial charge in [-0.05, 0) is 18.4 Å². The van der Waals surface area contributed by atoms with Gasteiger partial charge in [-0.1, -0.05) is 42.4 Å². The fourth-order valence-electron chi connectivity index (χ4n) is 3.41. The van der Waals surface area contributed by atoms with Crippen molar-refractivity contribution in [1.82, 2.24) is 15.0 Å². The van der Waals surface area contributed by atoms with E-state index in [2.05, 4.69) is 10.1 Å². The Bertz CT molecular complexity index is 718. The van der Waals surface area contributed by atoms with Crippen LogP contribution >= 0.6 is 0 Å². The molecule has 0 amide bonds. The number of aliphatic hydroxyl groups excluding tert-OH is 1. The van der Waals surface area contributed by atoms with Crippen LogP contribution in [0.1, 0.15) is 30.6 Å². The first-order valence-electron chi connectivity index (χ1n) is 8.52. The summed E-state index contributed by atoms with van der Waals surface area (Å²) < 4.78 is 5.22. The Morgan fingerprint density at radius 2 is 2.16 bits per heavy atom. The van der Waals surface area contributed by atoms with E-state index in [1.54, 1.807) is 0 Å². The molecule has 0 bridgehead atoms. The molecule has 0 unspecified atom stereocenters. The summed E-state index contributed by atoms with van der Waals surface area (Å²) in [5.74, 6) is 0.140. The molecule has 25 heavy (non-hydrogen) atoms. The van der Waals surface area contributed by atoms with Gasteiger partial charge >= 0.3 is 5.97 Å². The van der Waals surface area contributed by atoms with E-state index < -0.39 is 17.5 Å². The normalized spacial score (nSPS) is 24.3. The highest BCUT2D eigenvalue weighted by atomic mass is 16.5. The molecule has 0 aliphatic carbocycles. The SMILES string of the molecule is CCc1noc(CN2CC[C@H](O)[C@@](Cc3ccccc3)(C(=O)O)C2)n1. The summed E-state index contributed by atoms with van der Waals surface area (Å²) in [6.07, 6.45) is 0.476. The first kappa shape index (κ1) is 17.6. The quantitative estimate of drug-likeness (QED) is 0.818. The maximum atomic E-state index is 12.1. The summed E-state index contributed by atoms with van der Waals surface area (Å²) in [5.41, 5.74) is -0.343. The van der Waals surface area contributed by atoms with Gasteiger partial charge in [0.05, 0.1) is 12.6 Å². The average molecular weight is 345 g/mol. The van der Waals surface area contributed by atoms with Gasteiger partial charge in [-0.3, -0.25) is 9.69 Å². The molecule has 1 fully saturated rings. The summed E-state index contributed by atoms with van der Waals surface area (Å²) in [7, 11) is 0. The standard InChI is InChI=1S/C18H23N3O4/c1-2-15-19-16(25-20-15)11-21-9-8-14(22)18(12-21,17(23)24)10-13-6-4-3-5-7-13/h3-7,14,22H,2,8-12H2,1H3,(H,23,24)/t14-,18-/m0/s1. The second-order valence-electron chi connectivity index (χ2n) is 6.60. The highest BCUT2D eigenvalue weighted by Crippen LogP contribution is 2.35. The summed E-state index contributed by atoms with van der Waals surface area (Å²) in [5, 5.41) is 24.3. The molecule has 7 heteroatoms. The molecule has 0 saturated carbocycles. The van der Waals surface area contributed by atoms with Crippen LogP contribution in [0.3, 0.4) is 0 Å². The number of carbonyl (C=O) groups is 1. The predicted molar refractivity (Wildman–Crippen MR) is 89.8 cm³/mol. The monoisotopic (exact) mass is 345 g/mol. The summed E-state index contributed by atoms with van der Waals surface area (Å²) in [6.45, 7) is 3.17. The zero-order valence-electron chi connectivity index (χ0n) is 14.3. The summed E-state index contributed by atoms with van der Waals surface area (Å²) >= 11 is 0. The second-order valence-corrected chi connectivity index (χ2v) is 6.60. The zero-order chi connectivity index (χ0) is 17.9. The molecule has 0 radical (unpaired) electrons. The largest absolute Gasteiger partial charge is 0.481 e. The lowest BCUT2D eigenvalue weighted by Crippen LogP contribution is -2.56. The number of aliphatic carboxylic acids is 1. The minimum absolute atomic E-state index is 0.238. The number of nitrogens with zero attached hydrogens (tertiary/aromatic N) is 3. The van der Waals surface area contributed by atoms with Crippen LogP contribution in [0.25, 0.3) is 0 Å².